The number of hydrogen-bond donors (Lipinski definition) is 1. The molecule has 29 heavy (non-hydrogen) atoms. The molecule has 1 amide bonds. The van der Waals surface area contributed by atoms with Crippen molar-refractivity contribution >= 4 is 45.7 Å². The van der Waals surface area contributed by atoms with E-state index in [9.17, 15) is 9.90 Å². The van der Waals surface area contributed by atoms with E-state index in [2.05, 4.69) is 13.8 Å². The summed E-state index contributed by atoms with van der Waals surface area (Å²) in [6, 6.07) is 11.4. The van der Waals surface area contributed by atoms with Gasteiger partial charge in [-0.25, -0.2) is 4.98 Å². The first kappa shape index (κ1) is 20.3. The SMILES string of the molecule is Cc1cc(O)c(C(C)C)cc1-c1csc(N2C(=O)CSC2c2ccc(Cl)cc2)n1. The van der Waals surface area contributed by atoms with E-state index in [1.807, 2.05) is 42.6 Å². The maximum absolute atomic E-state index is 12.6. The summed E-state index contributed by atoms with van der Waals surface area (Å²) in [7, 11) is 0. The molecule has 2 aromatic carbocycles. The first-order valence-corrected chi connectivity index (χ1v) is 11.6. The molecule has 1 aliphatic rings. The normalized spacial score (nSPS) is 16.8. The van der Waals surface area contributed by atoms with Crippen LogP contribution in [0.15, 0.2) is 41.8 Å². The van der Waals surface area contributed by atoms with E-state index in [-0.39, 0.29) is 17.2 Å². The van der Waals surface area contributed by atoms with Crippen LogP contribution in [0.3, 0.4) is 0 Å². The molecule has 0 aliphatic carbocycles. The largest absolute Gasteiger partial charge is 0.508 e. The number of aromatic hydroxyl groups is 1. The molecule has 2 heterocycles. The number of aromatic nitrogens is 1. The molecule has 4 nitrogen and oxygen atoms in total. The number of thioether (sulfide) groups is 1. The molecule has 1 fully saturated rings. The van der Waals surface area contributed by atoms with Gasteiger partial charge in [0.1, 0.15) is 11.1 Å². The zero-order valence-corrected chi connectivity index (χ0v) is 18.7. The highest BCUT2D eigenvalue weighted by Crippen LogP contribution is 2.44. The van der Waals surface area contributed by atoms with Gasteiger partial charge in [0.15, 0.2) is 5.13 Å². The van der Waals surface area contributed by atoms with Gasteiger partial charge in [0.25, 0.3) is 0 Å². The summed E-state index contributed by atoms with van der Waals surface area (Å²) in [6.45, 7) is 6.07. The molecule has 0 bridgehead atoms. The minimum absolute atomic E-state index is 0.0566. The molecule has 1 unspecified atom stereocenters. The van der Waals surface area contributed by atoms with Gasteiger partial charge in [-0.15, -0.1) is 23.1 Å². The van der Waals surface area contributed by atoms with Gasteiger partial charge in [-0.2, -0.15) is 0 Å². The summed E-state index contributed by atoms with van der Waals surface area (Å²) < 4.78 is 0. The Hall–Kier alpha value is -2.02. The second-order valence-electron chi connectivity index (χ2n) is 7.37. The Bertz CT molecular complexity index is 1060. The van der Waals surface area contributed by atoms with Crippen molar-refractivity contribution in [3.8, 4) is 17.0 Å². The molecular weight excluding hydrogens is 424 g/mol. The van der Waals surface area contributed by atoms with Gasteiger partial charge >= 0.3 is 0 Å². The van der Waals surface area contributed by atoms with Crippen molar-refractivity contribution in [3.05, 3.63) is 63.5 Å². The van der Waals surface area contributed by atoms with Crippen LogP contribution >= 0.6 is 34.7 Å². The number of rotatable bonds is 4. The quantitative estimate of drug-likeness (QED) is 0.507. The number of thiazole rings is 1. The molecule has 0 spiro atoms. The summed E-state index contributed by atoms with van der Waals surface area (Å²) in [5.41, 5.74) is 4.69. The second kappa shape index (κ2) is 8.01. The van der Waals surface area contributed by atoms with E-state index < -0.39 is 0 Å². The van der Waals surface area contributed by atoms with Crippen LogP contribution in [0.4, 0.5) is 5.13 Å². The number of phenols is 1. The monoisotopic (exact) mass is 444 g/mol. The fourth-order valence-electron chi connectivity index (χ4n) is 3.45. The van der Waals surface area contributed by atoms with E-state index in [4.69, 9.17) is 16.6 Å². The van der Waals surface area contributed by atoms with Crippen LogP contribution < -0.4 is 4.90 Å². The average Bonchev–Trinajstić information content (AvgIpc) is 3.28. The molecule has 1 aliphatic heterocycles. The topological polar surface area (TPSA) is 53.4 Å². The summed E-state index contributed by atoms with van der Waals surface area (Å²) in [4.78, 5) is 19.2. The predicted octanol–water partition coefficient (Wildman–Crippen LogP) is 6.38. The Kier molecular flexibility index (Phi) is 5.60. The van der Waals surface area contributed by atoms with Gasteiger partial charge in [-0.05, 0) is 53.8 Å². The van der Waals surface area contributed by atoms with Crippen LogP contribution in [0.2, 0.25) is 5.02 Å². The summed E-state index contributed by atoms with van der Waals surface area (Å²) in [6.07, 6.45) is 0. The lowest BCUT2D eigenvalue weighted by molar-refractivity contribution is -0.115. The van der Waals surface area contributed by atoms with Crippen molar-refractivity contribution in [2.24, 2.45) is 0 Å². The Morgan fingerprint density at radius 2 is 1.97 bits per heavy atom. The number of halogens is 1. The fourth-order valence-corrected chi connectivity index (χ4v) is 5.67. The van der Waals surface area contributed by atoms with Crippen LogP contribution in [0.5, 0.6) is 5.75 Å². The summed E-state index contributed by atoms with van der Waals surface area (Å²) in [5, 5.41) is 13.5. The predicted molar refractivity (Wildman–Crippen MR) is 122 cm³/mol. The van der Waals surface area contributed by atoms with Crippen LogP contribution in [-0.2, 0) is 4.79 Å². The third-order valence-electron chi connectivity index (χ3n) is 4.99. The van der Waals surface area contributed by atoms with E-state index in [1.54, 1.807) is 22.7 Å². The van der Waals surface area contributed by atoms with Gasteiger partial charge in [-0.3, -0.25) is 9.69 Å². The smallest absolute Gasteiger partial charge is 0.240 e. The highest BCUT2D eigenvalue weighted by molar-refractivity contribution is 8.00. The van der Waals surface area contributed by atoms with Crippen LogP contribution in [-0.4, -0.2) is 21.8 Å². The highest BCUT2D eigenvalue weighted by Gasteiger charge is 2.36. The maximum Gasteiger partial charge on any atom is 0.240 e. The highest BCUT2D eigenvalue weighted by atomic mass is 35.5. The lowest BCUT2D eigenvalue weighted by Gasteiger charge is -2.21. The minimum Gasteiger partial charge on any atom is -0.508 e. The number of carbonyl (C=O) groups is 1. The van der Waals surface area contributed by atoms with Crippen molar-refractivity contribution in [2.45, 2.75) is 32.1 Å². The molecule has 1 N–H and O–H groups in total. The van der Waals surface area contributed by atoms with E-state index in [0.717, 1.165) is 27.9 Å². The van der Waals surface area contributed by atoms with Crippen LogP contribution in [0.25, 0.3) is 11.3 Å². The van der Waals surface area contributed by atoms with Crippen molar-refractivity contribution in [2.75, 3.05) is 10.7 Å². The molecule has 150 valence electrons. The first-order chi connectivity index (χ1) is 13.8. The lowest BCUT2D eigenvalue weighted by atomic mass is 9.95. The molecule has 1 saturated heterocycles. The molecule has 7 heteroatoms. The molecule has 4 rings (SSSR count). The van der Waals surface area contributed by atoms with Gasteiger partial charge < -0.3 is 5.11 Å². The molecule has 1 atom stereocenters. The Morgan fingerprint density at radius 1 is 1.24 bits per heavy atom. The second-order valence-corrected chi connectivity index (χ2v) is 9.72. The Labute approximate surface area is 183 Å². The van der Waals surface area contributed by atoms with Gasteiger partial charge in [0, 0.05) is 16.0 Å². The van der Waals surface area contributed by atoms with Crippen LogP contribution in [0.1, 0.15) is 41.8 Å². The number of amides is 1. The van der Waals surface area contributed by atoms with Gasteiger partial charge in [-0.1, -0.05) is 37.6 Å². The van der Waals surface area contributed by atoms with Crippen molar-refractivity contribution in [1.82, 2.24) is 4.98 Å². The first-order valence-electron chi connectivity index (χ1n) is 9.33. The van der Waals surface area contributed by atoms with E-state index >= 15 is 0 Å². The molecular formula is C22H21ClN2O2S2. The number of hydrogen-bond acceptors (Lipinski definition) is 5. The summed E-state index contributed by atoms with van der Waals surface area (Å²) >= 11 is 9.08. The zero-order chi connectivity index (χ0) is 20.7. The number of carbonyl (C=O) groups excluding carboxylic acids is 1. The zero-order valence-electron chi connectivity index (χ0n) is 16.3. The molecule has 0 saturated carbocycles. The lowest BCUT2D eigenvalue weighted by Crippen LogP contribution is -2.27. The third-order valence-corrected chi connectivity index (χ3v) is 7.30. The molecule has 0 radical (unpaired) electrons. The van der Waals surface area contributed by atoms with Gasteiger partial charge in [0.2, 0.25) is 5.91 Å². The van der Waals surface area contributed by atoms with Gasteiger partial charge in [0.05, 0.1) is 11.4 Å². The molecule has 1 aromatic heterocycles. The third kappa shape index (κ3) is 3.89. The van der Waals surface area contributed by atoms with E-state index in [0.29, 0.717) is 21.7 Å². The summed E-state index contributed by atoms with van der Waals surface area (Å²) in [5.74, 6) is 1.00. The van der Waals surface area contributed by atoms with Crippen molar-refractivity contribution in [3.63, 3.8) is 0 Å². The standard InChI is InChI=1S/C22H21ClN2O2S2/c1-12(2)16-9-17(13(3)8-19(16)26)18-10-29-22(24-18)25-20(27)11-28-21(25)14-4-6-15(23)7-5-14/h4-10,12,21,26H,11H2,1-3H3. The number of benzene rings is 2. The Balaban J connectivity index is 1.70. The fraction of sp³-hybridized carbons (Fsp3) is 0.273. The Morgan fingerprint density at radius 3 is 2.66 bits per heavy atom. The number of phenolic OH excluding ortho intramolecular Hbond substituents is 1. The van der Waals surface area contributed by atoms with E-state index in [1.165, 1.54) is 11.3 Å². The number of nitrogens with zero attached hydrogens (tertiary/aromatic N) is 2. The van der Waals surface area contributed by atoms with Crippen molar-refractivity contribution in [1.29, 1.82) is 0 Å². The maximum atomic E-state index is 12.6. The average molecular weight is 445 g/mol. The number of anilines is 1. The number of aryl methyl sites for hydroxylation is 1. The minimum atomic E-state index is -0.106. The molecule has 3 aromatic rings. The van der Waals surface area contributed by atoms with Crippen LogP contribution in [0, 0.1) is 6.92 Å². The van der Waals surface area contributed by atoms with Crippen molar-refractivity contribution < 1.29 is 9.90 Å².